The molecule has 1 N–H and O–H groups in total. The molecule has 2 rings (SSSR count). The van der Waals surface area contributed by atoms with Gasteiger partial charge in [0.2, 0.25) is 0 Å². The first-order valence-corrected chi connectivity index (χ1v) is 9.30. The van der Waals surface area contributed by atoms with Crippen molar-refractivity contribution in [3.8, 4) is 0 Å². The van der Waals surface area contributed by atoms with Crippen molar-refractivity contribution in [1.29, 1.82) is 0 Å². The maximum Gasteiger partial charge on any atom is 0.0390 e. The summed E-state index contributed by atoms with van der Waals surface area (Å²) in [6.07, 6.45) is 0. The molecule has 0 saturated heterocycles. The SMILES string of the molecule is CC(C)(C)c1ccc(Nc2cc(C(C)(C)C)cc(C(C)(C)C)c2)cc1. The van der Waals surface area contributed by atoms with E-state index in [4.69, 9.17) is 0 Å². The lowest BCUT2D eigenvalue weighted by atomic mass is 9.80. The monoisotopic (exact) mass is 337 g/mol. The summed E-state index contributed by atoms with van der Waals surface area (Å²) in [6.45, 7) is 20.4. The Balaban J connectivity index is 2.38. The summed E-state index contributed by atoms with van der Waals surface area (Å²) in [5.41, 5.74) is 6.85. The molecule has 0 fully saturated rings. The Morgan fingerprint density at radius 3 is 1.24 bits per heavy atom. The van der Waals surface area contributed by atoms with E-state index in [-0.39, 0.29) is 16.2 Å². The lowest BCUT2D eigenvalue weighted by Crippen LogP contribution is -2.16. The van der Waals surface area contributed by atoms with Crippen molar-refractivity contribution in [1.82, 2.24) is 0 Å². The summed E-state index contributed by atoms with van der Waals surface area (Å²) in [4.78, 5) is 0. The van der Waals surface area contributed by atoms with Gasteiger partial charge in [0, 0.05) is 11.4 Å². The molecule has 0 aliphatic heterocycles. The fraction of sp³-hybridized carbons (Fsp3) is 0.500. The van der Waals surface area contributed by atoms with E-state index < -0.39 is 0 Å². The molecule has 1 heteroatoms. The number of hydrogen-bond donors (Lipinski definition) is 1. The highest BCUT2D eigenvalue weighted by Gasteiger charge is 2.20. The van der Waals surface area contributed by atoms with Crippen molar-refractivity contribution < 1.29 is 0 Å². The molecule has 1 nitrogen and oxygen atoms in total. The summed E-state index contributed by atoms with van der Waals surface area (Å²) in [7, 11) is 0. The van der Waals surface area contributed by atoms with E-state index in [0.717, 1.165) is 5.69 Å². The van der Waals surface area contributed by atoms with E-state index in [9.17, 15) is 0 Å². The van der Waals surface area contributed by atoms with Gasteiger partial charge >= 0.3 is 0 Å². The molecular weight excluding hydrogens is 302 g/mol. The molecular formula is C24H35N. The fourth-order valence-corrected chi connectivity index (χ4v) is 2.79. The van der Waals surface area contributed by atoms with Gasteiger partial charge in [0.25, 0.3) is 0 Å². The second-order valence-electron chi connectivity index (χ2n) is 10.3. The minimum absolute atomic E-state index is 0.133. The van der Waals surface area contributed by atoms with Crippen LogP contribution in [0, 0.1) is 0 Å². The fourth-order valence-electron chi connectivity index (χ4n) is 2.79. The normalized spacial score (nSPS) is 13.0. The van der Waals surface area contributed by atoms with Crippen molar-refractivity contribution in [2.75, 3.05) is 5.32 Å². The van der Waals surface area contributed by atoms with Gasteiger partial charge in [0.1, 0.15) is 0 Å². The summed E-state index contributed by atoms with van der Waals surface area (Å²) >= 11 is 0. The molecule has 2 aromatic rings. The average molecular weight is 338 g/mol. The quantitative estimate of drug-likeness (QED) is 0.605. The lowest BCUT2D eigenvalue weighted by Gasteiger charge is -2.26. The highest BCUT2D eigenvalue weighted by Crippen LogP contribution is 2.33. The molecule has 0 spiro atoms. The molecule has 2 aromatic carbocycles. The predicted octanol–water partition coefficient (Wildman–Crippen LogP) is 7.32. The van der Waals surface area contributed by atoms with Crippen LogP contribution in [0.3, 0.4) is 0 Å². The maximum absolute atomic E-state index is 3.61. The third kappa shape index (κ3) is 5.11. The molecule has 0 atom stereocenters. The summed E-state index contributed by atoms with van der Waals surface area (Å²) < 4.78 is 0. The van der Waals surface area contributed by atoms with E-state index in [2.05, 4.69) is 110 Å². The minimum Gasteiger partial charge on any atom is -0.356 e. The summed E-state index contributed by atoms with van der Waals surface area (Å²) in [6, 6.07) is 15.7. The van der Waals surface area contributed by atoms with Gasteiger partial charge in [-0.1, -0.05) is 80.5 Å². The lowest BCUT2D eigenvalue weighted by molar-refractivity contribution is 0.569. The van der Waals surface area contributed by atoms with Crippen LogP contribution in [0.4, 0.5) is 11.4 Å². The van der Waals surface area contributed by atoms with Crippen molar-refractivity contribution in [2.24, 2.45) is 0 Å². The summed E-state index contributed by atoms with van der Waals surface area (Å²) in [5.74, 6) is 0. The van der Waals surface area contributed by atoms with Crippen molar-refractivity contribution >= 4 is 11.4 Å². The Kier molecular flexibility index (Phi) is 5.10. The second-order valence-corrected chi connectivity index (χ2v) is 10.3. The van der Waals surface area contributed by atoms with Crippen molar-refractivity contribution in [3.05, 3.63) is 59.2 Å². The van der Waals surface area contributed by atoms with Gasteiger partial charge in [-0.2, -0.15) is 0 Å². The largest absolute Gasteiger partial charge is 0.356 e. The first-order valence-electron chi connectivity index (χ1n) is 9.30. The maximum atomic E-state index is 3.61. The van der Waals surface area contributed by atoms with E-state index in [1.807, 2.05) is 0 Å². The minimum atomic E-state index is 0.133. The zero-order chi connectivity index (χ0) is 19.0. The zero-order valence-corrected chi connectivity index (χ0v) is 17.5. The number of anilines is 2. The molecule has 0 aromatic heterocycles. The van der Waals surface area contributed by atoms with Crippen LogP contribution in [-0.2, 0) is 16.2 Å². The molecule has 0 bridgehead atoms. The first-order chi connectivity index (χ1) is 11.3. The van der Waals surface area contributed by atoms with Crippen molar-refractivity contribution in [3.63, 3.8) is 0 Å². The summed E-state index contributed by atoms with van der Waals surface area (Å²) in [5, 5.41) is 3.61. The van der Waals surface area contributed by atoms with Crippen LogP contribution in [0.5, 0.6) is 0 Å². The number of nitrogens with one attached hydrogen (secondary N) is 1. The van der Waals surface area contributed by atoms with Crippen LogP contribution in [0.15, 0.2) is 42.5 Å². The van der Waals surface area contributed by atoms with Gasteiger partial charge in [0.05, 0.1) is 0 Å². The van der Waals surface area contributed by atoms with Crippen LogP contribution in [0.25, 0.3) is 0 Å². The number of rotatable bonds is 2. The van der Waals surface area contributed by atoms with E-state index in [1.54, 1.807) is 0 Å². The highest BCUT2D eigenvalue weighted by atomic mass is 14.9. The Morgan fingerprint density at radius 2 is 0.880 bits per heavy atom. The van der Waals surface area contributed by atoms with E-state index in [0.29, 0.717) is 0 Å². The van der Waals surface area contributed by atoms with Gasteiger partial charge in [-0.25, -0.2) is 0 Å². The molecule has 136 valence electrons. The van der Waals surface area contributed by atoms with Crippen LogP contribution in [-0.4, -0.2) is 0 Å². The Morgan fingerprint density at radius 1 is 0.480 bits per heavy atom. The third-order valence-electron chi connectivity index (χ3n) is 4.70. The molecule has 0 amide bonds. The number of benzene rings is 2. The molecule has 0 radical (unpaired) electrons. The molecule has 0 heterocycles. The Bertz CT molecular complexity index is 684. The predicted molar refractivity (Wildman–Crippen MR) is 112 cm³/mol. The van der Waals surface area contributed by atoms with Crippen LogP contribution < -0.4 is 5.32 Å². The molecule has 25 heavy (non-hydrogen) atoms. The molecule has 0 aliphatic carbocycles. The van der Waals surface area contributed by atoms with Gasteiger partial charge in [0.15, 0.2) is 0 Å². The van der Waals surface area contributed by atoms with Gasteiger partial charge in [-0.3, -0.25) is 0 Å². The third-order valence-corrected chi connectivity index (χ3v) is 4.70. The van der Waals surface area contributed by atoms with E-state index >= 15 is 0 Å². The Labute approximate surface area is 154 Å². The van der Waals surface area contributed by atoms with E-state index in [1.165, 1.54) is 22.4 Å². The van der Waals surface area contributed by atoms with Crippen LogP contribution in [0.2, 0.25) is 0 Å². The zero-order valence-electron chi connectivity index (χ0n) is 17.5. The van der Waals surface area contributed by atoms with Gasteiger partial charge in [-0.05, 0) is 57.2 Å². The van der Waals surface area contributed by atoms with Gasteiger partial charge in [-0.15, -0.1) is 0 Å². The Hall–Kier alpha value is -1.76. The second kappa shape index (κ2) is 6.52. The molecule has 0 saturated carbocycles. The molecule has 0 unspecified atom stereocenters. The number of hydrogen-bond acceptors (Lipinski definition) is 1. The smallest absolute Gasteiger partial charge is 0.0390 e. The standard InChI is InChI=1S/C24H35N/c1-22(2,3)17-10-12-20(13-11-17)25-21-15-18(23(4,5)6)14-19(16-21)24(7,8)9/h10-16,25H,1-9H3. The van der Waals surface area contributed by atoms with Gasteiger partial charge < -0.3 is 5.32 Å². The molecule has 0 aliphatic rings. The van der Waals surface area contributed by atoms with Crippen molar-refractivity contribution in [2.45, 2.75) is 78.6 Å². The highest BCUT2D eigenvalue weighted by molar-refractivity contribution is 5.63. The van der Waals surface area contributed by atoms with Crippen LogP contribution in [0.1, 0.15) is 79.0 Å². The topological polar surface area (TPSA) is 12.0 Å². The first kappa shape index (κ1) is 19.6. The van der Waals surface area contributed by atoms with Crippen LogP contribution >= 0.6 is 0 Å². The average Bonchev–Trinajstić information content (AvgIpc) is 2.44.